The van der Waals surface area contributed by atoms with Crippen molar-refractivity contribution in [2.45, 2.75) is 12.8 Å². The lowest BCUT2D eigenvalue weighted by Crippen LogP contribution is -2.27. The summed E-state index contributed by atoms with van der Waals surface area (Å²) in [5.41, 5.74) is 7.36. The highest BCUT2D eigenvalue weighted by Gasteiger charge is 2.11. The van der Waals surface area contributed by atoms with Crippen LogP contribution < -0.4 is 11.1 Å². The monoisotopic (exact) mass is 290 g/mol. The number of carbonyl (C=O) groups excluding carboxylic acids is 1. The summed E-state index contributed by atoms with van der Waals surface area (Å²) >= 11 is 0. The molecule has 2 rings (SSSR count). The quantitative estimate of drug-likeness (QED) is 0.831. The highest BCUT2D eigenvalue weighted by Crippen LogP contribution is 2.11. The minimum Gasteiger partial charge on any atom is -0.399 e. The standard InChI is InChI=1S/C16H16F2N2O/c17-14-3-1-2-12(16(14)18)10-15(21)20-9-8-11-4-6-13(19)7-5-11/h1-7H,8-10,19H2,(H,20,21). The second kappa shape index (κ2) is 6.83. The third-order valence-corrected chi connectivity index (χ3v) is 3.10. The van der Waals surface area contributed by atoms with E-state index in [9.17, 15) is 13.6 Å². The van der Waals surface area contributed by atoms with E-state index in [0.29, 0.717) is 18.7 Å². The molecule has 0 spiro atoms. The summed E-state index contributed by atoms with van der Waals surface area (Å²) in [6.07, 6.45) is 0.475. The van der Waals surface area contributed by atoms with Crippen LogP contribution in [0.3, 0.4) is 0 Å². The maximum absolute atomic E-state index is 13.4. The Morgan fingerprint density at radius 3 is 2.52 bits per heavy atom. The van der Waals surface area contributed by atoms with Crippen molar-refractivity contribution in [1.82, 2.24) is 5.32 Å². The van der Waals surface area contributed by atoms with Crippen molar-refractivity contribution in [3.63, 3.8) is 0 Å². The van der Waals surface area contributed by atoms with Crippen LogP contribution in [0.25, 0.3) is 0 Å². The van der Waals surface area contributed by atoms with E-state index in [2.05, 4.69) is 5.32 Å². The first-order valence-corrected chi connectivity index (χ1v) is 6.60. The van der Waals surface area contributed by atoms with Gasteiger partial charge in [0.15, 0.2) is 11.6 Å². The molecular formula is C16H16F2N2O. The lowest BCUT2D eigenvalue weighted by Gasteiger charge is -2.07. The van der Waals surface area contributed by atoms with Crippen LogP contribution in [-0.2, 0) is 17.6 Å². The number of halogens is 2. The molecule has 0 bridgehead atoms. The lowest BCUT2D eigenvalue weighted by atomic mass is 10.1. The third-order valence-electron chi connectivity index (χ3n) is 3.10. The van der Waals surface area contributed by atoms with Crippen molar-refractivity contribution in [3.8, 4) is 0 Å². The second-order valence-electron chi connectivity index (χ2n) is 4.73. The Kier molecular flexibility index (Phi) is 4.87. The number of anilines is 1. The molecule has 0 saturated carbocycles. The van der Waals surface area contributed by atoms with Gasteiger partial charge >= 0.3 is 0 Å². The molecule has 0 saturated heterocycles. The molecule has 21 heavy (non-hydrogen) atoms. The largest absolute Gasteiger partial charge is 0.399 e. The van der Waals surface area contributed by atoms with E-state index < -0.39 is 11.6 Å². The van der Waals surface area contributed by atoms with Crippen molar-refractivity contribution in [1.29, 1.82) is 0 Å². The first-order chi connectivity index (χ1) is 10.1. The zero-order chi connectivity index (χ0) is 15.2. The molecule has 0 aliphatic heterocycles. The van der Waals surface area contributed by atoms with Gasteiger partial charge in [-0.2, -0.15) is 0 Å². The van der Waals surface area contributed by atoms with Crippen LogP contribution in [0.2, 0.25) is 0 Å². The number of benzene rings is 2. The zero-order valence-corrected chi connectivity index (χ0v) is 11.4. The van der Waals surface area contributed by atoms with Crippen molar-refractivity contribution >= 4 is 11.6 Å². The van der Waals surface area contributed by atoms with E-state index in [1.807, 2.05) is 12.1 Å². The van der Waals surface area contributed by atoms with Gasteiger partial charge in [0.2, 0.25) is 5.91 Å². The van der Waals surface area contributed by atoms with Crippen molar-refractivity contribution in [2.24, 2.45) is 0 Å². The molecule has 0 aliphatic rings. The molecule has 0 heterocycles. The molecule has 0 unspecified atom stereocenters. The van der Waals surface area contributed by atoms with Gasteiger partial charge in [-0.1, -0.05) is 24.3 Å². The van der Waals surface area contributed by atoms with Crippen LogP contribution >= 0.6 is 0 Å². The van der Waals surface area contributed by atoms with E-state index >= 15 is 0 Å². The fourth-order valence-corrected chi connectivity index (χ4v) is 1.95. The van der Waals surface area contributed by atoms with Gasteiger partial charge in [0.25, 0.3) is 0 Å². The van der Waals surface area contributed by atoms with Crippen LogP contribution in [0.15, 0.2) is 42.5 Å². The molecule has 1 amide bonds. The minimum atomic E-state index is -0.966. The van der Waals surface area contributed by atoms with E-state index in [-0.39, 0.29) is 17.9 Å². The van der Waals surface area contributed by atoms with Gasteiger partial charge in [-0.05, 0) is 30.2 Å². The maximum Gasteiger partial charge on any atom is 0.224 e. The van der Waals surface area contributed by atoms with E-state index in [4.69, 9.17) is 5.73 Å². The van der Waals surface area contributed by atoms with Crippen LogP contribution in [0, 0.1) is 11.6 Å². The fourth-order valence-electron chi connectivity index (χ4n) is 1.95. The molecule has 2 aromatic carbocycles. The Hall–Kier alpha value is -2.43. The lowest BCUT2D eigenvalue weighted by molar-refractivity contribution is -0.120. The number of rotatable bonds is 5. The Bertz CT molecular complexity index is 627. The van der Waals surface area contributed by atoms with Crippen molar-refractivity contribution in [2.75, 3.05) is 12.3 Å². The van der Waals surface area contributed by atoms with Crippen molar-refractivity contribution in [3.05, 3.63) is 65.2 Å². The van der Waals surface area contributed by atoms with E-state index in [1.54, 1.807) is 12.1 Å². The number of nitrogens with one attached hydrogen (secondary N) is 1. The average Bonchev–Trinajstić information content (AvgIpc) is 2.46. The first-order valence-electron chi connectivity index (χ1n) is 6.60. The van der Waals surface area contributed by atoms with Gasteiger partial charge in [0.05, 0.1) is 6.42 Å². The number of amides is 1. The molecule has 2 aromatic rings. The Morgan fingerprint density at radius 2 is 1.81 bits per heavy atom. The minimum absolute atomic E-state index is 0.0555. The molecule has 110 valence electrons. The van der Waals surface area contributed by atoms with Crippen LogP contribution in [0.4, 0.5) is 14.5 Å². The van der Waals surface area contributed by atoms with Gasteiger partial charge < -0.3 is 11.1 Å². The molecule has 5 heteroatoms. The first kappa shape index (κ1) is 15.0. The van der Waals surface area contributed by atoms with Gasteiger partial charge in [-0.3, -0.25) is 4.79 Å². The highest BCUT2D eigenvalue weighted by molar-refractivity contribution is 5.78. The number of nitrogens with two attached hydrogens (primary N) is 1. The highest BCUT2D eigenvalue weighted by atomic mass is 19.2. The maximum atomic E-state index is 13.4. The summed E-state index contributed by atoms with van der Waals surface area (Å²) in [5.74, 6) is -2.25. The number of nitrogen functional groups attached to an aromatic ring is 1. The summed E-state index contributed by atoms with van der Waals surface area (Å²) in [7, 11) is 0. The Morgan fingerprint density at radius 1 is 1.10 bits per heavy atom. The van der Waals surface area contributed by atoms with Gasteiger partial charge in [0.1, 0.15) is 0 Å². The smallest absolute Gasteiger partial charge is 0.224 e. The number of hydrogen-bond acceptors (Lipinski definition) is 2. The second-order valence-corrected chi connectivity index (χ2v) is 4.73. The third kappa shape index (κ3) is 4.27. The molecule has 0 fully saturated rings. The predicted molar refractivity (Wildman–Crippen MR) is 77.6 cm³/mol. The van der Waals surface area contributed by atoms with Crippen LogP contribution in [-0.4, -0.2) is 12.5 Å². The summed E-state index contributed by atoms with van der Waals surface area (Å²) in [6, 6.07) is 11.2. The van der Waals surface area contributed by atoms with E-state index in [1.165, 1.54) is 12.1 Å². The topological polar surface area (TPSA) is 55.1 Å². The molecule has 0 aliphatic carbocycles. The van der Waals surface area contributed by atoms with Gasteiger partial charge in [-0.15, -0.1) is 0 Å². The normalized spacial score (nSPS) is 10.4. The Balaban J connectivity index is 1.82. The van der Waals surface area contributed by atoms with E-state index in [0.717, 1.165) is 11.6 Å². The summed E-state index contributed by atoms with van der Waals surface area (Å²) in [4.78, 5) is 11.7. The number of carbonyl (C=O) groups is 1. The van der Waals surface area contributed by atoms with Crippen molar-refractivity contribution < 1.29 is 13.6 Å². The molecule has 0 radical (unpaired) electrons. The SMILES string of the molecule is Nc1ccc(CCNC(=O)Cc2cccc(F)c2F)cc1. The number of hydrogen-bond donors (Lipinski definition) is 2. The van der Waals surface area contributed by atoms with Crippen LogP contribution in [0.5, 0.6) is 0 Å². The summed E-state index contributed by atoms with van der Waals surface area (Å²) in [5, 5.41) is 2.68. The average molecular weight is 290 g/mol. The summed E-state index contributed by atoms with van der Waals surface area (Å²) < 4.78 is 26.4. The van der Waals surface area contributed by atoms with Gasteiger partial charge in [0, 0.05) is 17.8 Å². The Labute approximate surface area is 121 Å². The molecule has 0 atom stereocenters. The van der Waals surface area contributed by atoms with Crippen LogP contribution in [0.1, 0.15) is 11.1 Å². The molecule has 3 N–H and O–H groups in total. The predicted octanol–water partition coefficient (Wildman–Crippen LogP) is 2.45. The molecular weight excluding hydrogens is 274 g/mol. The molecule has 0 aromatic heterocycles. The zero-order valence-electron chi connectivity index (χ0n) is 11.4. The van der Waals surface area contributed by atoms with Gasteiger partial charge in [-0.25, -0.2) is 8.78 Å². The summed E-state index contributed by atoms with van der Waals surface area (Å²) in [6.45, 7) is 0.430. The molecule has 3 nitrogen and oxygen atoms in total. The fraction of sp³-hybridized carbons (Fsp3) is 0.188.